The molecule has 2 aliphatic carbocycles. The lowest BCUT2D eigenvalue weighted by Gasteiger charge is -2.30. The van der Waals surface area contributed by atoms with Crippen LogP contribution < -0.4 is 0 Å². The van der Waals surface area contributed by atoms with Gasteiger partial charge in [0.05, 0.1) is 0 Å². The number of benzene rings is 6. The van der Waals surface area contributed by atoms with Gasteiger partial charge in [0, 0.05) is 32.9 Å². The molecule has 6 aromatic carbocycles. The van der Waals surface area contributed by atoms with Crippen LogP contribution in [0.3, 0.4) is 0 Å². The number of rotatable bonds is 5. The quantitative estimate of drug-likeness (QED) is 0.184. The van der Waals surface area contributed by atoms with E-state index in [0.29, 0.717) is 17.5 Å². The van der Waals surface area contributed by atoms with E-state index in [9.17, 15) is 0 Å². The largest absolute Gasteiger partial charge is 0.456 e. The van der Waals surface area contributed by atoms with Crippen molar-refractivity contribution in [3.05, 3.63) is 150 Å². The van der Waals surface area contributed by atoms with Crippen molar-refractivity contribution in [1.82, 2.24) is 15.0 Å². The van der Waals surface area contributed by atoms with Crippen LogP contribution in [0.5, 0.6) is 0 Å². The van der Waals surface area contributed by atoms with Gasteiger partial charge in [0.15, 0.2) is 17.5 Å². The van der Waals surface area contributed by atoms with Gasteiger partial charge in [-0.3, -0.25) is 0 Å². The number of aryl methyl sites for hydroxylation is 2. The molecule has 4 nitrogen and oxygen atoms in total. The number of hydrogen-bond donors (Lipinski definition) is 0. The van der Waals surface area contributed by atoms with Gasteiger partial charge >= 0.3 is 0 Å². The van der Waals surface area contributed by atoms with Crippen LogP contribution in [-0.2, 0) is 18.3 Å². The summed E-state index contributed by atoms with van der Waals surface area (Å²) in [5.41, 5.74) is 15.3. The molecule has 246 valence electrons. The number of nitrogens with zero attached hydrogens (tertiary/aromatic N) is 3. The maximum Gasteiger partial charge on any atom is 0.164 e. The van der Waals surface area contributed by atoms with E-state index in [2.05, 4.69) is 117 Å². The Morgan fingerprint density at radius 2 is 1.24 bits per heavy atom. The second-order valence-corrected chi connectivity index (χ2v) is 14.0. The minimum absolute atomic E-state index is 0.133. The number of aromatic nitrogens is 3. The summed E-state index contributed by atoms with van der Waals surface area (Å²) in [7, 11) is 0. The highest BCUT2D eigenvalue weighted by Crippen LogP contribution is 2.56. The average molecular weight is 660 g/mol. The second-order valence-electron chi connectivity index (χ2n) is 14.0. The highest BCUT2D eigenvalue weighted by molar-refractivity contribution is 6.15. The van der Waals surface area contributed by atoms with E-state index in [1.807, 2.05) is 24.3 Å². The molecule has 0 radical (unpaired) electrons. The van der Waals surface area contributed by atoms with Gasteiger partial charge in [0.2, 0.25) is 0 Å². The summed E-state index contributed by atoms with van der Waals surface area (Å²) in [5.74, 6) is 2.08. The lowest BCUT2D eigenvalue weighted by molar-refractivity contribution is 0.490. The molecule has 0 bridgehead atoms. The summed E-state index contributed by atoms with van der Waals surface area (Å²) in [6.07, 6.45) is 5.20. The molecule has 0 spiro atoms. The Morgan fingerprint density at radius 3 is 2.10 bits per heavy atom. The Bertz CT molecular complexity index is 2650. The minimum Gasteiger partial charge on any atom is -0.456 e. The first-order valence-corrected chi connectivity index (χ1v) is 18.3. The molecule has 8 aromatic rings. The SMILES string of the molecule is CCC1(CC)c2cc(-c3nc(-c4ccccc4)nc(-c4cccc5c4-c4ccccc4CCC5)n3)ccc2-c2c1ccc1oc3ccccc3c21. The van der Waals surface area contributed by atoms with E-state index < -0.39 is 0 Å². The van der Waals surface area contributed by atoms with Gasteiger partial charge < -0.3 is 4.42 Å². The Hall–Kier alpha value is -5.87. The molecule has 2 aromatic heterocycles. The van der Waals surface area contributed by atoms with Crippen LogP contribution in [0.2, 0.25) is 0 Å². The zero-order valence-electron chi connectivity index (χ0n) is 28.9. The highest BCUT2D eigenvalue weighted by Gasteiger charge is 2.42. The third kappa shape index (κ3) is 4.49. The molecule has 0 unspecified atom stereocenters. The fourth-order valence-electron chi connectivity index (χ4n) is 9.06. The Kier molecular flexibility index (Phi) is 6.82. The van der Waals surface area contributed by atoms with Crippen LogP contribution in [0.25, 0.3) is 78.4 Å². The van der Waals surface area contributed by atoms with Crippen LogP contribution >= 0.6 is 0 Å². The van der Waals surface area contributed by atoms with E-state index in [1.165, 1.54) is 55.3 Å². The smallest absolute Gasteiger partial charge is 0.164 e. The van der Waals surface area contributed by atoms with Crippen molar-refractivity contribution < 1.29 is 4.42 Å². The first-order chi connectivity index (χ1) is 25.2. The zero-order chi connectivity index (χ0) is 34.1. The first-order valence-electron chi connectivity index (χ1n) is 18.3. The van der Waals surface area contributed by atoms with Crippen molar-refractivity contribution in [3.8, 4) is 56.4 Å². The van der Waals surface area contributed by atoms with Gasteiger partial charge in [-0.2, -0.15) is 0 Å². The summed E-state index contributed by atoms with van der Waals surface area (Å²) < 4.78 is 6.37. The zero-order valence-corrected chi connectivity index (χ0v) is 28.9. The number of furan rings is 1. The van der Waals surface area contributed by atoms with Crippen LogP contribution in [-0.4, -0.2) is 15.0 Å². The maximum absolute atomic E-state index is 6.37. The van der Waals surface area contributed by atoms with Gasteiger partial charge in [0.1, 0.15) is 11.2 Å². The van der Waals surface area contributed by atoms with Crippen LogP contribution in [0.1, 0.15) is 55.4 Å². The second kappa shape index (κ2) is 11.6. The number of hydrogen-bond acceptors (Lipinski definition) is 4. The molecule has 10 rings (SSSR count). The molecule has 0 saturated carbocycles. The Morgan fingerprint density at radius 1 is 0.529 bits per heavy atom. The molecule has 0 amide bonds. The third-order valence-electron chi connectivity index (χ3n) is 11.6. The molecular formula is C47H37N3O. The first kappa shape index (κ1) is 30.0. The van der Waals surface area contributed by atoms with E-state index in [1.54, 1.807) is 0 Å². The Labute approximate surface area is 297 Å². The predicted octanol–water partition coefficient (Wildman–Crippen LogP) is 12.0. The van der Waals surface area contributed by atoms with Gasteiger partial charge in [-0.25, -0.2) is 15.0 Å². The molecule has 2 heterocycles. The van der Waals surface area contributed by atoms with Crippen LogP contribution in [0.4, 0.5) is 0 Å². The number of fused-ring (bicyclic) bond motifs is 10. The lowest BCUT2D eigenvalue weighted by atomic mass is 9.73. The summed E-state index contributed by atoms with van der Waals surface area (Å²) >= 11 is 0. The summed E-state index contributed by atoms with van der Waals surface area (Å²) in [6.45, 7) is 4.64. The standard InChI is InChI=1S/C47H37N3O/c1-3-47(4-2)37-26-27-40-43(35-21-10-11-23-39(35)51-40)42(37)34-25-24-32(28-38(34)47)45-48-44(31-15-6-5-7-16-31)49-46(50-45)36-22-13-19-30-18-12-17-29-14-8-9-20-33(29)41(30)36/h5-11,13-16,19-28H,3-4,12,17-18H2,1-2H3. The minimum atomic E-state index is -0.133. The van der Waals surface area contributed by atoms with Gasteiger partial charge in [-0.15, -0.1) is 0 Å². The molecule has 0 aliphatic heterocycles. The van der Waals surface area contributed by atoms with Crippen molar-refractivity contribution >= 4 is 21.9 Å². The average Bonchev–Trinajstić information content (AvgIpc) is 3.63. The monoisotopic (exact) mass is 659 g/mol. The van der Waals surface area contributed by atoms with Crippen molar-refractivity contribution in [2.75, 3.05) is 0 Å². The van der Waals surface area contributed by atoms with Crippen LogP contribution in [0, 0.1) is 0 Å². The third-order valence-corrected chi connectivity index (χ3v) is 11.6. The fraction of sp³-hybridized carbons (Fsp3) is 0.170. The van der Waals surface area contributed by atoms with Crippen molar-refractivity contribution in [2.24, 2.45) is 0 Å². The van der Waals surface area contributed by atoms with Crippen molar-refractivity contribution in [1.29, 1.82) is 0 Å². The molecule has 0 atom stereocenters. The van der Waals surface area contributed by atoms with E-state index in [4.69, 9.17) is 19.4 Å². The topological polar surface area (TPSA) is 51.8 Å². The molecule has 51 heavy (non-hydrogen) atoms. The normalized spacial score (nSPS) is 14.2. The number of para-hydroxylation sites is 1. The van der Waals surface area contributed by atoms with E-state index >= 15 is 0 Å². The molecular weight excluding hydrogens is 623 g/mol. The Balaban J connectivity index is 1.21. The summed E-state index contributed by atoms with van der Waals surface area (Å²) in [5, 5.41) is 2.38. The molecule has 2 aliphatic rings. The fourth-order valence-corrected chi connectivity index (χ4v) is 9.06. The maximum atomic E-state index is 6.37. The lowest BCUT2D eigenvalue weighted by Crippen LogP contribution is -2.23. The highest BCUT2D eigenvalue weighted by atomic mass is 16.3. The van der Waals surface area contributed by atoms with Crippen molar-refractivity contribution in [2.45, 2.75) is 51.4 Å². The van der Waals surface area contributed by atoms with E-state index in [0.717, 1.165) is 60.0 Å². The molecule has 0 fully saturated rings. The predicted molar refractivity (Wildman–Crippen MR) is 208 cm³/mol. The molecule has 0 N–H and O–H groups in total. The summed E-state index contributed by atoms with van der Waals surface area (Å²) in [6, 6.07) is 45.5. The van der Waals surface area contributed by atoms with Crippen molar-refractivity contribution in [3.63, 3.8) is 0 Å². The molecule has 4 heteroatoms. The summed E-state index contributed by atoms with van der Waals surface area (Å²) in [4.78, 5) is 15.7. The van der Waals surface area contributed by atoms with Gasteiger partial charge in [-0.1, -0.05) is 123 Å². The van der Waals surface area contributed by atoms with E-state index in [-0.39, 0.29) is 5.41 Å². The van der Waals surface area contributed by atoms with Gasteiger partial charge in [-0.05, 0) is 94.8 Å². The molecule has 0 saturated heterocycles. The van der Waals surface area contributed by atoms with Crippen LogP contribution in [0.15, 0.2) is 132 Å². The van der Waals surface area contributed by atoms with Gasteiger partial charge in [0.25, 0.3) is 0 Å².